The fourth-order valence-corrected chi connectivity index (χ4v) is 3.62. The summed E-state index contributed by atoms with van der Waals surface area (Å²) in [5, 5.41) is 0. The largest absolute Gasteiger partial charge is 0.350 e. The van der Waals surface area contributed by atoms with Crippen molar-refractivity contribution < 1.29 is 14.2 Å². The van der Waals surface area contributed by atoms with Crippen LogP contribution in [0.1, 0.15) is 65.2 Å². The first-order valence-electron chi connectivity index (χ1n) is 7.65. The van der Waals surface area contributed by atoms with Crippen molar-refractivity contribution in [3.8, 4) is 0 Å². The maximum absolute atomic E-state index is 6.35. The molecule has 3 atom stereocenters. The third kappa shape index (κ3) is 2.33. The predicted octanol–water partition coefficient (Wildman–Crippen LogP) is 3.62. The molecule has 0 unspecified atom stereocenters. The van der Waals surface area contributed by atoms with Crippen molar-refractivity contribution in [1.29, 1.82) is 0 Å². The zero-order valence-electron chi connectivity index (χ0n) is 11.7. The molecule has 0 saturated carbocycles. The van der Waals surface area contributed by atoms with Gasteiger partial charge in [-0.1, -0.05) is 13.8 Å². The molecule has 3 saturated heterocycles. The van der Waals surface area contributed by atoms with E-state index in [1.165, 1.54) is 25.7 Å². The second-order valence-electron chi connectivity index (χ2n) is 6.52. The van der Waals surface area contributed by atoms with Crippen molar-refractivity contribution >= 4 is 0 Å². The maximum Gasteiger partial charge on any atom is 0.172 e. The number of rotatable bonds is 1. The van der Waals surface area contributed by atoms with Crippen LogP contribution in [0.15, 0.2) is 0 Å². The van der Waals surface area contributed by atoms with Crippen molar-refractivity contribution in [2.45, 2.75) is 82.9 Å². The molecule has 3 aliphatic heterocycles. The Morgan fingerprint density at radius 3 is 2.44 bits per heavy atom. The highest BCUT2D eigenvalue weighted by molar-refractivity contribution is 4.91. The lowest BCUT2D eigenvalue weighted by molar-refractivity contribution is -0.351. The SMILES string of the molecule is CC(C)[C@H]1CCC[C@@]2(CC[C@@]3(CCCCO3)O2)O1. The zero-order chi connectivity index (χ0) is 12.6. The van der Waals surface area contributed by atoms with E-state index in [-0.39, 0.29) is 11.6 Å². The Balaban J connectivity index is 1.69. The van der Waals surface area contributed by atoms with Gasteiger partial charge in [0.2, 0.25) is 0 Å². The average Bonchev–Trinajstić information content (AvgIpc) is 2.69. The van der Waals surface area contributed by atoms with Gasteiger partial charge in [0.25, 0.3) is 0 Å². The highest BCUT2D eigenvalue weighted by atomic mass is 16.8. The minimum absolute atomic E-state index is 0.308. The van der Waals surface area contributed by atoms with Gasteiger partial charge >= 0.3 is 0 Å². The van der Waals surface area contributed by atoms with Gasteiger partial charge in [-0.2, -0.15) is 0 Å². The van der Waals surface area contributed by atoms with Gasteiger partial charge in [-0.25, -0.2) is 0 Å². The molecule has 2 spiro atoms. The quantitative estimate of drug-likeness (QED) is 0.715. The van der Waals surface area contributed by atoms with Crippen molar-refractivity contribution in [3.63, 3.8) is 0 Å². The van der Waals surface area contributed by atoms with Crippen LogP contribution >= 0.6 is 0 Å². The highest BCUT2D eigenvalue weighted by Crippen LogP contribution is 2.49. The van der Waals surface area contributed by atoms with E-state index < -0.39 is 0 Å². The van der Waals surface area contributed by atoms with Crippen LogP contribution in [0.4, 0.5) is 0 Å². The minimum atomic E-state index is -0.329. The average molecular weight is 254 g/mol. The summed E-state index contributed by atoms with van der Waals surface area (Å²) in [5.74, 6) is -0.0589. The number of hydrogen-bond donors (Lipinski definition) is 0. The molecule has 3 nitrogen and oxygen atoms in total. The lowest BCUT2D eigenvalue weighted by atomic mass is 9.93. The summed E-state index contributed by atoms with van der Waals surface area (Å²) in [6, 6.07) is 0. The monoisotopic (exact) mass is 254 g/mol. The van der Waals surface area contributed by atoms with Gasteiger partial charge in [-0.3, -0.25) is 0 Å². The Morgan fingerprint density at radius 1 is 0.944 bits per heavy atom. The molecular formula is C15H26O3. The molecule has 0 aromatic heterocycles. The molecule has 0 amide bonds. The van der Waals surface area contributed by atoms with Crippen molar-refractivity contribution in [2.24, 2.45) is 5.92 Å². The first-order valence-corrected chi connectivity index (χ1v) is 7.65. The van der Waals surface area contributed by atoms with Crippen LogP contribution in [-0.2, 0) is 14.2 Å². The molecular weight excluding hydrogens is 228 g/mol. The Kier molecular flexibility index (Phi) is 3.41. The van der Waals surface area contributed by atoms with E-state index in [0.29, 0.717) is 12.0 Å². The molecule has 18 heavy (non-hydrogen) atoms. The van der Waals surface area contributed by atoms with E-state index in [1.807, 2.05) is 0 Å². The summed E-state index contributed by atoms with van der Waals surface area (Å²) in [6.45, 7) is 5.33. The molecule has 0 bridgehead atoms. The minimum Gasteiger partial charge on any atom is -0.350 e. The first kappa shape index (κ1) is 12.9. The highest BCUT2D eigenvalue weighted by Gasteiger charge is 2.53. The van der Waals surface area contributed by atoms with Crippen LogP contribution < -0.4 is 0 Å². The maximum atomic E-state index is 6.35. The van der Waals surface area contributed by atoms with Gasteiger partial charge < -0.3 is 14.2 Å². The van der Waals surface area contributed by atoms with Gasteiger partial charge in [-0.05, 0) is 31.6 Å². The smallest absolute Gasteiger partial charge is 0.172 e. The Labute approximate surface area is 110 Å². The van der Waals surface area contributed by atoms with Crippen LogP contribution in [0.2, 0.25) is 0 Å². The lowest BCUT2D eigenvalue weighted by Gasteiger charge is -2.42. The van der Waals surface area contributed by atoms with Gasteiger partial charge in [0, 0.05) is 25.7 Å². The summed E-state index contributed by atoms with van der Waals surface area (Å²) in [5.41, 5.74) is 0. The van der Waals surface area contributed by atoms with E-state index in [9.17, 15) is 0 Å². The van der Waals surface area contributed by atoms with Gasteiger partial charge in [0.1, 0.15) is 0 Å². The fraction of sp³-hybridized carbons (Fsp3) is 1.00. The molecule has 104 valence electrons. The predicted molar refractivity (Wildman–Crippen MR) is 69.1 cm³/mol. The van der Waals surface area contributed by atoms with Crippen LogP contribution in [0, 0.1) is 5.92 Å². The van der Waals surface area contributed by atoms with E-state index in [0.717, 1.165) is 32.3 Å². The molecule has 3 aliphatic rings. The summed E-state index contributed by atoms with van der Waals surface area (Å²) >= 11 is 0. The molecule has 0 N–H and O–H groups in total. The lowest BCUT2D eigenvalue weighted by Crippen LogP contribution is -2.46. The van der Waals surface area contributed by atoms with Crippen LogP contribution in [-0.4, -0.2) is 24.3 Å². The molecule has 0 aromatic carbocycles. The van der Waals surface area contributed by atoms with Gasteiger partial charge in [0.15, 0.2) is 11.6 Å². The molecule has 0 aliphatic carbocycles. The van der Waals surface area contributed by atoms with E-state index in [1.54, 1.807) is 0 Å². The Morgan fingerprint density at radius 2 is 1.72 bits per heavy atom. The molecule has 3 heterocycles. The standard InChI is InChI=1S/C15H26O3/c1-12(2)13-6-5-8-15(17-13)10-9-14(18-15)7-3-4-11-16-14/h12-13H,3-11H2,1-2H3/t13-,14-,15-/m1/s1. The van der Waals surface area contributed by atoms with Gasteiger partial charge in [0.05, 0.1) is 12.7 Å². The summed E-state index contributed by atoms with van der Waals surface area (Å²) in [4.78, 5) is 0. The van der Waals surface area contributed by atoms with Crippen molar-refractivity contribution in [2.75, 3.05) is 6.61 Å². The van der Waals surface area contributed by atoms with Crippen LogP contribution in [0.5, 0.6) is 0 Å². The second kappa shape index (κ2) is 4.77. The zero-order valence-corrected chi connectivity index (χ0v) is 11.7. The Hall–Kier alpha value is -0.120. The van der Waals surface area contributed by atoms with Crippen LogP contribution in [0.25, 0.3) is 0 Å². The number of hydrogen-bond acceptors (Lipinski definition) is 3. The third-order valence-electron chi connectivity index (χ3n) is 4.73. The fourth-order valence-electron chi connectivity index (χ4n) is 3.62. The Bertz CT molecular complexity index is 296. The summed E-state index contributed by atoms with van der Waals surface area (Å²) in [6.07, 6.45) is 9.27. The normalized spacial score (nSPS) is 45.2. The summed E-state index contributed by atoms with van der Waals surface area (Å²) < 4.78 is 18.6. The summed E-state index contributed by atoms with van der Waals surface area (Å²) in [7, 11) is 0. The second-order valence-corrected chi connectivity index (χ2v) is 6.52. The van der Waals surface area contributed by atoms with Crippen molar-refractivity contribution in [1.82, 2.24) is 0 Å². The molecule has 3 heteroatoms. The van der Waals surface area contributed by atoms with E-state index in [2.05, 4.69) is 13.8 Å². The van der Waals surface area contributed by atoms with Crippen LogP contribution in [0.3, 0.4) is 0 Å². The topological polar surface area (TPSA) is 27.7 Å². The van der Waals surface area contributed by atoms with Crippen molar-refractivity contribution in [3.05, 3.63) is 0 Å². The molecule has 0 radical (unpaired) electrons. The first-order chi connectivity index (χ1) is 8.63. The van der Waals surface area contributed by atoms with E-state index >= 15 is 0 Å². The van der Waals surface area contributed by atoms with Gasteiger partial charge in [-0.15, -0.1) is 0 Å². The molecule has 3 rings (SSSR count). The molecule has 0 aromatic rings. The number of ether oxygens (including phenoxy) is 3. The van der Waals surface area contributed by atoms with E-state index in [4.69, 9.17) is 14.2 Å². The molecule has 3 fully saturated rings. The third-order valence-corrected chi connectivity index (χ3v) is 4.73.